The Bertz CT molecular complexity index is 549. The maximum atomic E-state index is 12.1. The molecule has 0 radical (unpaired) electrons. The summed E-state index contributed by atoms with van der Waals surface area (Å²) < 4.78 is 0. The third-order valence-corrected chi connectivity index (χ3v) is 3.23. The number of nitrogens with two attached hydrogens (primary N) is 1. The zero-order valence-corrected chi connectivity index (χ0v) is 11.1. The predicted molar refractivity (Wildman–Crippen MR) is 75.9 cm³/mol. The standard InChI is InChI=1S/C14H20N4O/c1-2-3-4-12(8-15)17-14(19)10-5-6-11-9-16-18-13(11)7-10/h5-7,9,12H,2-4,8,15H2,1H3,(H,16,18)(H,17,19). The van der Waals surface area contributed by atoms with Crippen molar-refractivity contribution in [1.29, 1.82) is 0 Å². The number of carbonyl (C=O) groups excluding carboxylic acids is 1. The van der Waals surface area contributed by atoms with Crippen molar-refractivity contribution in [3.05, 3.63) is 30.0 Å². The summed E-state index contributed by atoms with van der Waals surface area (Å²) in [7, 11) is 0. The number of hydrogen-bond donors (Lipinski definition) is 3. The van der Waals surface area contributed by atoms with Crippen LogP contribution in [0.3, 0.4) is 0 Å². The average Bonchev–Trinajstić information content (AvgIpc) is 2.90. The zero-order chi connectivity index (χ0) is 13.7. The molecule has 1 atom stereocenters. The fourth-order valence-corrected chi connectivity index (χ4v) is 2.05. The molecule has 0 aliphatic heterocycles. The van der Waals surface area contributed by atoms with Crippen LogP contribution in [-0.2, 0) is 0 Å². The van der Waals surface area contributed by atoms with Gasteiger partial charge in [0.25, 0.3) is 5.91 Å². The molecule has 0 bridgehead atoms. The van der Waals surface area contributed by atoms with Gasteiger partial charge in [0.05, 0.1) is 11.7 Å². The lowest BCUT2D eigenvalue weighted by atomic mass is 10.1. The molecular weight excluding hydrogens is 240 g/mol. The van der Waals surface area contributed by atoms with Crippen LogP contribution in [-0.4, -0.2) is 28.7 Å². The highest BCUT2D eigenvalue weighted by Gasteiger charge is 2.12. The molecule has 19 heavy (non-hydrogen) atoms. The molecule has 0 saturated carbocycles. The number of rotatable bonds is 6. The number of carbonyl (C=O) groups is 1. The van der Waals surface area contributed by atoms with E-state index in [1.807, 2.05) is 12.1 Å². The van der Waals surface area contributed by atoms with Crippen LogP contribution in [0.25, 0.3) is 10.9 Å². The molecule has 1 amide bonds. The van der Waals surface area contributed by atoms with E-state index < -0.39 is 0 Å². The second-order valence-electron chi connectivity index (χ2n) is 4.72. The summed E-state index contributed by atoms with van der Waals surface area (Å²) in [6.07, 6.45) is 4.83. The summed E-state index contributed by atoms with van der Waals surface area (Å²) in [6.45, 7) is 2.60. The molecule has 5 nitrogen and oxygen atoms in total. The maximum Gasteiger partial charge on any atom is 0.251 e. The van der Waals surface area contributed by atoms with E-state index in [0.29, 0.717) is 12.1 Å². The van der Waals surface area contributed by atoms with E-state index >= 15 is 0 Å². The number of nitrogens with zero attached hydrogens (tertiary/aromatic N) is 1. The molecule has 0 spiro atoms. The van der Waals surface area contributed by atoms with Gasteiger partial charge in [-0.1, -0.05) is 25.8 Å². The number of nitrogens with one attached hydrogen (secondary N) is 2. The molecule has 102 valence electrons. The first-order valence-electron chi connectivity index (χ1n) is 6.68. The van der Waals surface area contributed by atoms with Crippen molar-refractivity contribution in [1.82, 2.24) is 15.5 Å². The molecule has 5 heteroatoms. The molecule has 0 aliphatic rings. The smallest absolute Gasteiger partial charge is 0.251 e. The van der Waals surface area contributed by atoms with E-state index in [2.05, 4.69) is 22.4 Å². The first-order valence-corrected chi connectivity index (χ1v) is 6.68. The Balaban J connectivity index is 2.05. The minimum Gasteiger partial charge on any atom is -0.348 e. The van der Waals surface area contributed by atoms with Gasteiger partial charge in [-0.3, -0.25) is 9.89 Å². The number of unbranched alkanes of at least 4 members (excludes halogenated alkanes) is 1. The average molecular weight is 260 g/mol. The van der Waals surface area contributed by atoms with E-state index in [4.69, 9.17) is 5.73 Å². The molecule has 1 unspecified atom stereocenters. The van der Waals surface area contributed by atoms with Crippen LogP contribution in [0, 0.1) is 0 Å². The summed E-state index contributed by atoms with van der Waals surface area (Å²) in [5, 5.41) is 10.8. The van der Waals surface area contributed by atoms with Gasteiger partial charge in [-0.25, -0.2) is 0 Å². The van der Waals surface area contributed by atoms with Crippen LogP contribution in [0.1, 0.15) is 36.5 Å². The van der Waals surface area contributed by atoms with Crippen molar-refractivity contribution in [2.45, 2.75) is 32.2 Å². The highest BCUT2D eigenvalue weighted by atomic mass is 16.1. The normalized spacial score (nSPS) is 12.5. The Hall–Kier alpha value is -1.88. The Labute approximate surface area is 112 Å². The van der Waals surface area contributed by atoms with E-state index in [1.54, 1.807) is 12.3 Å². The third-order valence-electron chi connectivity index (χ3n) is 3.23. The SMILES string of the molecule is CCCCC(CN)NC(=O)c1ccc2cn[nH]c2c1. The lowest BCUT2D eigenvalue weighted by Gasteiger charge is -2.16. The largest absolute Gasteiger partial charge is 0.348 e. The number of fused-ring (bicyclic) bond motifs is 1. The molecule has 2 aromatic rings. The van der Waals surface area contributed by atoms with Gasteiger partial charge in [0.1, 0.15) is 0 Å². The van der Waals surface area contributed by atoms with Crippen molar-refractivity contribution < 1.29 is 4.79 Å². The second-order valence-corrected chi connectivity index (χ2v) is 4.72. The van der Waals surface area contributed by atoms with Gasteiger partial charge in [0.15, 0.2) is 0 Å². The molecule has 1 aromatic heterocycles. The third kappa shape index (κ3) is 3.32. The molecular formula is C14H20N4O. The predicted octanol–water partition coefficient (Wildman–Crippen LogP) is 1.81. The number of H-pyrrole nitrogens is 1. The first-order chi connectivity index (χ1) is 9.24. The van der Waals surface area contributed by atoms with Crippen LogP contribution in [0.4, 0.5) is 0 Å². The minimum atomic E-state index is -0.0805. The highest BCUT2D eigenvalue weighted by Crippen LogP contribution is 2.13. The van der Waals surface area contributed by atoms with Gasteiger partial charge >= 0.3 is 0 Å². The maximum absolute atomic E-state index is 12.1. The van der Waals surface area contributed by atoms with Gasteiger partial charge in [-0.05, 0) is 18.6 Å². The number of aromatic nitrogens is 2. The molecule has 0 saturated heterocycles. The Morgan fingerprint density at radius 2 is 2.37 bits per heavy atom. The number of benzene rings is 1. The molecule has 2 rings (SSSR count). The number of aromatic amines is 1. The molecule has 1 heterocycles. The minimum absolute atomic E-state index is 0.0462. The van der Waals surface area contributed by atoms with Crippen molar-refractivity contribution >= 4 is 16.8 Å². The summed E-state index contributed by atoms with van der Waals surface area (Å²) in [4.78, 5) is 12.1. The van der Waals surface area contributed by atoms with E-state index in [0.717, 1.165) is 30.2 Å². The topological polar surface area (TPSA) is 83.8 Å². The zero-order valence-electron chi connectivity index (χ0n) is 11.1. The van der Waals surface area contributed by atoms with Crippen molar-refractivity contribution in [3.8, 4) is 0 Å². The van der Waals surface area contributed by atoms with Crippen molar-refractivity contribution in [2.75, 3.05) is 6.54 Å². The second kappa shape index (κ2) is 6.33. The number of amides is 1. The summed E-state index contributed by atoms with van der Waals surface area (Å²) in [5.41, 5.74) is 7.18. The monoisotopic (exact) mass is 260 g/mol. The molecule has 1 aromatic carbocycles. The van der Waals surface area contributed by atoms with Crippen LogP contribution in [0.2, 0.25) is 0 Å². The lowest BCUT2D eigenvalue weighted by Crippen LogP contribution is -2.40. The Morgan fingerprint density at radius 1 is 1.53 bits per heavy atom. The molecule has 0 fully saturated rings. The van der Waals surface area contributed by atoms with Gasteiger partial charge in [-0.15, -0.1) is 0 Å². The highest BCUT2D eigenvalue weighted by molar-refractivity contribution is 5.97. The van der Waals surface area contributed by atoms with Crippen molar-refractivity contribution in [3.63, 3.8) is 0 Å². The van der Waals surface area contributed by atoms with Gasteiger partial charge in [0.2, 0.25) is 0 Å². The quantitative estimate of drug-likeness (QED) is 0.740. The van der Waals surface area contributed by atoms with Crippen molar-refractivity contribution in [2.24, 2.45) is 5.73 Å². The van der Waals surface area contributed by atoms with Gasteiger partial charge in [-0.2, -0.15) is 5.10 Å². The van der Waals surface area contributed by atoms with Gasteiger partial charge in [0, 0.05) is 23.5 Å². The fourth-order valence-electron chi connectivity index (χ4n) is 2.05. The Kier molecular flexibility index (Phi) is 4.52. The van der Waals surface area contributed by atoms with E-state index in [-0.39, 0.29) is 11.9 Å². The molecule has 4 N–H and O–H groups in total. The summed E-state index contributed by atoms with van der Waals surface area (Å²) >= 11 is 0. The summed E-state index contributed by atoms with van der Waals surface area (Å²) in [6, 6.07) is 5.55. The van der Waals surface area contributed by atoms with Gasteiger partial charge < -0.3 is 11.1 Å². The Morgan fingerprint density at radius 3 is 3.11 bits per heavy atom. The van der Waals surface area contributed by atoms with E-state index in [9.17, 15) is 4.79 Å². The van der Waals surface area contributed by atoms with Crippen LogP contribution in [0.15, 0.2) is 24.4 Å². The molecule has 0 aliphatic carbocycles. The van der Waals surface area contributed by atoms with Crippen LogP contribution >= 0.6 is 0 Å². The fraction of sp³-hybridized carbons (Fsp3) is 0.429. The lowest BCUT2D eigenvalue weighted by molar-refractivity contribution is 0.0936. The van der Waals surface area contributed by atoms with Crippen LogP contribution < -0.4 is 11.1 Å². The summed E-state index contributed by atoms with van der Waals surface area (Å²) in [5.74, 6) is -0.0805. The number of hydrogen-bond acceptors (Lipinski definition) is 3. The first kappa shape index (κ1) is 13.5. The van der Waals surface area contributed by atoms with E-state index in [1.165, 1.54) is 0 Å². The van der Waals surface area contributed by atoms with Crippen LogP contribution in [0.5, 0.6) is 0 Å².